The van der Waals surface area contributed by atoms with Crippen molar-refractivity contribution in [3.63, 3.8) is 0 Å². The van der Waals surface area contributed by atoms with Crippen molar-refractivity contribution in [1.82, 2.24) is 0 Å². The largest absolute Gasteiger partial charge is 0.465 e. The molecule has 1 aliphatic carbocycles. The maximum atomic E-state index is 12.8. The van der Waals surface area contributed by atoms with Crippen LogP contribution in [0.3, 0.4) is 0 Å². The van der Waals surface area contributed by atoms with Crippen LogP contribution in [0.4, 0.5) is 13.2 Å². The van der Waals surface area contributed by atoms with Gasteiger partial charge in [-0.25, -0.2) is 4.79 Å². The van der Waals surface area contributed by atoms with Gasteiger partial charge in [-0.15, -0.1) is 0 Å². The quantitative estimate of drug-likeness (QED) is 0.403. The lowest BCUT2D eigenvalue weighted by molar-refractivity contribution is -0.146. The van der Waals surface area contributed by atoms with Crippen LogP contribution in [0.25, 0.3) is 11.1 Å². The van der Waals surface area contributed by atoms with E-state index in [0.717, 1.165) is 29.7 Å². The number of benzene rings is 2. The molecule has 1 saturated carbocycles. The molecule has 0 spiro atoms. The maximum Gasteiger partial charge on any atom is 0.416 e. The summed E-state index contributed by atoms with van der Waals surface area (Å²) in [7, 11) is 0. The molecule has 188 valence electrons. The average Bonchev–Trinajstić information content (AvgIpc) is 3.30. The van der Waals surface area contributed by atoms with Gasteiger partial charge in [0.25, 0.3) is 0 Å². The monoisotopic (exact) mass is 489 g/mol. The highest BCUT2D eigenvalue weighted by Gasteiger charge is 2.32. The van der Waals surface area contributed by atoms with Crippen molar-refractivity contribution in [3.8, 4) is 11.1 Å². The first-order valence-electron chi connectivity index (χ1n) is 11.9. The van der Waals surface area contributed by atoms with Gasteiger partial charge in [0.05, 0.1) is 24.7 Å². The molecule has 0 radical (unpaired) electrons. The fraction of sp³-hybridized carbons (Fsp3) is 0.444. The summed E-state index contributed by atoms with van der Waals surface area (Å²) in [6.45, 7) is 4.03. The van der Waals surface area contributed by atoms with Crippen LogP contribution < -0.4 is 0 Å². The normalized spacial score (nSPS) is 17.9. The standard InChI is InChI=1S/C27H30F3NO4/c1-3-34-25(32)22-6-5-7-23(22)31-24(26(33)35-4-2)17-10-18-8-11-19(12-9-18)20-13-15-21(16-14-20)27(28,29)30/h8-9,11-16,22,24H,3-7,10,17H2,1-2H3. The van der Waals surface area contributed by atoms with Crippen molar-refractivity contribution in [3.05, 3.63) is 59.7 Å². The molecule has 0 bridgehead atoms. The molecule has 0 amide bonds. The number of halogens is 3. The van der Waals surface area contributed by atoms with Gasteiger partial charge in [0, 0.05) is 5.71 Å². The highest BCUT2D eigenvalue weighted by Crippen LogP contribution is 2.31. The molecule has 2 unspecified atom stereocenters. The second-order valence-electron chi connectivity index (χ2n) is 8.40. The molecule has 35 heavy (non-hydrogen) atoms. The van der Waals surface area contributed by atoms with E-state index in [-0.39, 0.29) is 12.6 Å². The molecule has 2 aromatic carbocycles. The Balaban J connectivity index is 1.69. The SMILES string of the molecule is CCOC(=O)C(CCc1ccc(-c2ccc(C(F)(F)F)cc2)cc1)N=C1CCCC1C(=O)OCC. The first kappa shape index (κ1) is 26.4. The molecular formula is C27H30F3NO4. The van der Waals surface area contributed by atoms with Crippen LogP contribution in [0, 0.1) is 5.92 Å². The molecule has 0 aliphatic heterocycles. The highest BCUT2D eigenvalue weighted by atomic mass is 19.4. The minimum Gasteiger partial charge on any atom is -0.465 e. The predicted molar refractivity (Wildman–Crippen MR) is 127 cm³/mol. The van der Waals surface area contributed by atoms with Gasteiger partial charge >= 0.3 is 18.1 Å². The molecular weight excluding hydrogens is 459 g/mol. The molecule has 1 aliphatic rings. The number of esters is 2. The molecule has 0 saturated heterocycles. The predicted octanol–water partition coefficient (Wildman–Crippen LogP) is 6.04. The summed E-state index contributed by atoms with van der Waals surface area (Å²) >= 11 is 0. The van der Waals surface area contributed by atoms with E-state index in [2.05, 4.69) is 4.99 Å². The van der Waals surface area contributed by atoms with Gasteiger partial charge in [0.15, 0.2) is 0 Å². The Kier molecular flexibility index (Phi) is 9.07. The van der Waals surface area contributed by atoms with Crippen LogP contribution in [0.1, 0.15) is 50.7 Å². The van der Waals surface area contributed by atoms with Crippen molar-refractivity contribution in [2.75, 3.05) is 13.2 Å². The Labute approximate surface area is 203 Å². The fourth-order valence-electron chi connectivity index (χ4n) is 4.17. The zero-order chi connectivity index (χ0) is 25.4. The van der Waals surface area contributed by atoms with E-state index in [1.165, 1.54) is 12.1 Å². The molecule has 2 atom stereocenters. The summed E-state index contributed by atoms with van der Waals surface area (Å²) in [4.78, 5) is 29.5. The smallest absolute Gasteiger partial charge is 0.416 e. The number of carbonyl (C=O) groups is 2. The summed E-state index contributed by atoms with van der Waals surface area (Å²) in [5.74, 6) is -1.13. The third kappa shape index (κ3) is 7.16. The first-order valence-corrected chi connectivity index (χ1v) is 11.9. The van der Waals surface area contributed by atoms with E-state index < -0.39 is 29.7 Å². The van der Waals surface area contributed by atoms with E-state index in [4.69, 9.17) is 9.47 Å². The molecule has 2 aromatic rings. The number of ether oxygens (including phenoxy) is 2. The number of rotatable bonds is 9. The number of aryl methyl sites for hydroxylation is 1. The molecule has 8 heteroatoms. The summed E-state index contributed by atoms with van der Waals surface area (Å²) < 4.78 is 48.7. The lowest BCUT2D eigenvalue weighted by Gasteiger charge is -2.16. The number of hydrogen-bond donors (Lipinski definition) is 0. The first-order chi connectivity index (χ1) is 16.7. The number of nitrogens with zero attached hydrogens (tertiary/aromatic N) is 1. The molecule has 3 rings (SSSR count). The van der Waals surface area contributed by atoms with Crippen LogP contribution in [0.5, 0.6) is 0 Å². The summed E-state index contributed by atoms with van der Waals surface area (Å²) in [6.07, 6.45) is -1.26. The van der Waals surface area contributed by atoms with Gasteiger partial charge in [-0.2, -0.15) is 13.2 Å². The molecule has 0 N–H and O–H groups in total. The lowest BCUT2D eigenvalue weighted by atomic mass is 9.99. The third-order valence-electron chi connectivity index (χ3n) is 5.99. The summed E-state index contributed by atoms with van der Waals surface area (Å²) in [5.41, 5.74) is 2.46. The van der Waals surface area contributed by atoms with Crippen LogP contribution in [0.15, 0.2) is 53.5 Å². The second kappa shape index (κ2) is 12.0. The zero-order valence-corrected chi connectivity index (χ0v) is 19.9. The molecule has 1 fully saturated rings. The van der Waals surface area contributed by atoms with Crippen LogP contribution >= 0.6 is 0 Å². The Hall–Kier alpha value is -3.16. The van der Waals surface area contributed by atoms with Gasteiger partial charge in [-0.05, 0) is 74.8 Å². The van der Waals surface area contributed by atoms with Crippen molar-refractivity contribution in [2.45, 2.75) is 58.2 Å². The Bertz CT molecular complexity index is 1030. The van der Waals surface area contributed by atoms with Crippen molar-refractivity contribution in [2.24, 2.45) is 10.9 Å². The fourth-order valence-corrected chi connectivity index (χ4v) is 4.17. The molecule has 5 nitrogen and oxygen atoms in total. The molecule has 0 aromatic heterocycles. The molecule has 0 heterocycles. The van der Waals surface area contributed by atoms with Crippen molar-refractivity contribution < 1.29 is 32.2 Å². The van der Waals surface area contributed by atoms with Gasteiger partial charge < -0.3 is 9.47 Å². The van der Waals surface area contributed by atoms with Gasteiger partial charge in [0.2, 0.25) is 0 Å². The highest BCUT2D eigenvalue weighted by molar-refractivity contribution is 6.04. The number of aliphatic imine (C=N–C) groups is 1. The van der Waals surface area contributed by atoms with Crippen LogP contribution in [0.2, 0.25) is 0 Å². The maximum absolute atomic E-state index is 12.8. The van der Waals surface area contributed by atoms with Gasteiger partial charge in [-0.1, -0.05) is 36.4 Å². The van der Waals surface area contributed by atoms with Crippen LogP contribution in [-0.4, -0.2) is 36.9 Å². The average molecular weight is 490 g/mol. The second-order valence-corrected chi connectivity index (χ2v) is 8.40. The number of alkyl halides is 3. The minimum absolute atomic E-state index is 0.239. The Morgan fingerprint density at radius 2 is 1.57 bits per heavy atom. The number of hydrogen-bond acceptors (Lipinski definition) is 5. The van der Waals surface area contributed by atoms with Gasteiger partial charge in [-0.3, -0.25) is 9.79 Å². The van der Waals surface area contributed by atoms with Crippen molar-refractivity contribution in [1.29, 1.82) is 0 Å². The Morgan fingerprint density at radius 1 is 0.971 bits per heavy atom. The zero-order valence-electron chi connectivity index (χ0n) is 19.9. The Morgan fingerprint density at radius 3 is 2.14 bits per heavy atom. The van der Waals surface area contributed by atoms with Gasteiger partial charge in [0.1, 0.15) is 6.04 Å². The minimum atomic E-state index is -4.37. The summed E-state index contributed by atoms with van der Waals surface area (Å²) in [5, 5.41) is 0. The van der Waals surface area contributed by atoms with E-state index in [1.54, 1.807) is 13.8 Å². The van der Waals surface area contributed by atoms with Crippen molar-refractivity contribution >= 4 is 17.7 Å². The summed E-state index contributed by atoms with van der Waals surface area (Å²) in [6, 6.07) is 11.8. The van der Waals surface area contributed by atoms with E-state index in [0.29, 0.717) is 43.6 Å². The topological polar surface area (TPSA) is 65.0 Å². The lowest BCUT2D eigenvalue weighted by Crippen LogP contribution is -2.27. The van der Waals surface area contributed by atoms with E-state index in [9.17, 15) is 22.8 Å². The van der Waals surface area contributed by atoms with E-state index in [1.807, 2.05) is 24.3 Å². The third-order valence-corrected chi connectivity index (χ3v) is 5.99. The van der Waals surface area contributed by atoms with Crippen LogP contribution in [-0.2, 0) is 31.7 Å². The van der Waals surface area contributed by atoms with E-state index >= 15 is 0 Å². The number of carbonyl (C=O) groups excluding carboxylic acids is 2.